The fourth-order valence-electron chi connectivity index (χ4n) is 2.61. The van der Waals surface area contributed by atoms with Gasteiger partial charge in [-0.05, 0) is 37.3 Å². The van der Waals surface area contributed by atoms with Gasteiger partial charge in [0.2, 0.25) is 0 Å². The molecule has 7 nitrogen and oxygen atoms in total. The highest BCUT2D eigenvalue weighted by Crippen LogP contribution is 2.24. The summed E-state index contributed by atoms with van der Waals surface area (Å²) in [7, 11) is 3.14. The van der Waals surface area contributed by atoms with Gasteiger partial charge >= 0.3 is 0 Å². The van der Waals surface area contributed by atoms with E-state index in [2.05, 4.69) is 15.5 Å². The molecule has 0 bridgehead atoms. The molecule has 7 heteroatoms. The van der Waals surface area contributed by atoms with Crippen molar-refractivity contribution in [3.05, 3.63) is 60.3 Å². The van der Waals surface area contributed by atoms with E-state index in [0.717, 1.165) is 5.39 Å². The number of amides is 1. The molecule has 3 aromatic rings. The zero-order valence-electron chi connectivity index (χ0n) is 15.9. The molecule has 0 fully saturated rings. The Balaban J connectivity index is 1.67. The van der Waals surface area contributed by atoms with Crippen LogP contribution in [0.4, 0.5) is 0 Å². The predicted molar refractivity (Wildman–Crippen MR) is 107 cm³/mol. The van der Waals surface area contributed by atoms with Crippen molar-refractivity contribution in [2.24, 2.45) is 5.10 Å². The SMILES string of the molecule is COc1ccc(OC)c(C=NNC(=O)C(C)Oc2cccc3cccnc23)c1. The Labute approximate surface area is 162 Å². The largest absolute Gasteiger partial charge is 0.497 e. The highest BCUT2D eigenvalue weighted by atomic mass is 16.5. The second kappa shape index (κ2) is 8.85. The number of carbonyl (C=O) groups is 1. The topological polar surface area (TPSA) is 82.0 Å². The number of nitrogens with one attached hydrogen (secondary N) is 1. The number of hydrazone groups is 1. The molecule has 0 spiro atoms. The van der Waals surface area contributed by atoms with Gasteiger partial charge in [-0.1, -0.05) is 18.2 Å². The number of hydrogen-bond acceptors (Lipinski definition) is 6. The third-order valence-electron chi connectivity index (χ3n) is 4.08. The van der Waals surface area contributed by atoms with Gasteiger partial charge < -0.3 is 14.2 Å². The minimum atomic E-state index is -0.753. The van der Waals surface area contributed by atoms with E-state index in [9.17, 15) is 4.79 Å². The Bertz CT molecular complexity index is 999. The third-order valence-corrected chi connectivity index (χ3v) is 4.08. The second-order valence-electron chi connectivity index (χ2n) is 5.93. The first-order chi connectivity index (χ1) is 13.6. The molecule has 1 amide bonds. The number of fused-ring (bicyclic) bond motifs is 1. The van der Waals surface area contributed by atoms with Crippen LogP contribution in [0.1, 0.15) is 12.5 Å². The molecule has 0 saturated carbocycles. The number of carbonyl (C=O) groups excluding carboxylic acids is 1. The molecule has 3 rings (SSSR count). The van der Waals surface area contributed by atoms with E-state index < -0.39 is 6.10 Å². The molecule has 0 aliphatic heterocycles. The number of aromatic nitrogens is 1. The number of pyridine rings is 1. The Hall–Kier alpha value is -3.61. The summed E-state index contributed by atoms with van der Waals surface area (Å²) in [6, 6.07) is 14.7. The number of para-hydroxylation sites is 1. The first-order valence-corrected chi connectivity index (χ1v) is 8.67. The highest BCUT2D eigenvalue weighted by Gasteiger charge is 2.15. The summed E-state index contributed by atoms with van der Waals surface area (Å²) < 4.78 is 16.3. The lowest BCUT2D eigenvalue weighted by Gasteiger charge is -2.14. The molecule has 1 N–H and O–H groups in total. The van der Waals surface area contributed by atoms with Gasteiger partial charge in [-0.3, -0.25) is 9.78 Å². The summed E-state index contributed by atoms with van der Waals surface area (Å²) in [5.41, 5.74) is 3.85. The van der Waals surface area contributed by atoms with Crippen molar-refractivity contribution in [2.45, 2.75) is 13.0 Å². The maximum Gasteiger partial charge on any atom is 0.280 e. The lowest BCUT2D eigenvalue weighted by Crippen LogP contribution is -2.33. The van der Waals surface area contributed by atoms with Crippen LogP contribution in [0.3, 0.4) is 0 Å². The van der Waals surface area contributed by atoms with Gasteiger partial charge in [0.25, 0.3) is 5.91 Å². The first kappa shape index (κ1) is 19.2. The molecule has 0 aliphatic carbocycles. The average molecular weight is 379 g/mol. The quantitative estimate of drug-likeness (QED) is 0.504. The first-order valence-electron chi connectivity index (χ1n) is 8.67. The summed E-state index contributed by atoms with van der Waals surface area (Å²) in [4.78, 5) is 16.6. The molecule has 1 aromatic heterocycles. The van der Waals surface area contributed by atoms with Gasteiger partial charge in [-0.15, -0.1) is 0 Å². The lowest BCUT2D eigenvalue weighted by molar-refractivity contribution is -0.127. The third kappa shape index (κ3) is 4.37. The molecular weight excluding hydrogens is 358 g/mol. The molecule has 144 valence electrons. The van der Waals surface area contributed by atoms with E-state index in [1.807, 2.05) is 24.3 Å². The standard InChI is InChI=1S/C21H21N3O4/c1-14(28-19-8-4-6-15-7-5-11-22-20(15)19)21(25)24-23-13-16-12-17(26-2)9-10-18(16)27-3/h4-14H,1-3H3,(H,24,25). The van der Waals surface area contributed by atoms with Crippen molar-refractivity contribution in [1.29, 1.82) is 0 Å². The number of nitrogens with zero attached hydrogens (tertiary/aromatic N) is 2. The van der Waals surface area contributed by atoms with Gasteiger partial charge in [-0.2, -0.15) is 5.10 Å². The molecule has 0 radical (unpaired) electrons. The van der Waals surface area contributed by atoms with Crippen molar-refractivity contribution in [3.8, 4) is 17.2 Å². The highest BCUT2D eigenvalue weighted by molar-refractivity contribution is 5.88. The average Bonchev–Trinajstić information content (AvgIpc) is 2.73. The summed E-state index contributed by atoms with van der Waals surface area (Å²) >= 11 is 0. The minimum absolute atomic E-state index is 0.383. The van der Waals surface area contributed by atoms with Crippen molar-refractivity contribution >= 4 is 23.0 Å². The normalized spacial score (nSPS) is 12.0. The maximum absolute atomic E-state index is 12.3. The molecule has 1 atom stereocenters. The van der Waals surface area contributed by atoms with Crippen molar-refractivity contribution < 1.29 is 19.0 Å². The van der Waals surface area contributed by atoms with Gasteiger partial charge in [-0.25, -0.2) is 5.43 Å². The number of benzene rings is 2. The molecule has 1 heterocycles. The van der Waals surface area contributed by atoms with Gasteiger partial charge in [0.05, 0.1) is 20.4 Å². The zero-order valence-corrected chi connectivity index (χ0v) is 15.9. The number of hydrogen-bond donors (Lipinski definition) is 1. The van der Waals surface area contributed by atoms with Crippen LogP contribution in [0.2, 0.25) is 0 Å². The Morgan fingerprint density at radius 2 is 1.93 bits per heavy atom. The molecular formula is C21H21N3O4. The van der Waals surface area contributed by atoms with Gasteiger partial charge in [0.15, 0.2) is 6.10 Å². The van der Waals surface area contributed by atoms with Crippen molar-refractivity contribution in [3.63, 3.8) is 0 Å². The Kier molecular flexibility index (Phi) is 6.06. The molecule has 1 unspecified atom stereocenters. The summed E-state index contributed by atoms with van der Waals surface area (Å²) in [5.74, 6) is 1.43. The summed E-state index contributed by atoms with van der Waals surface area (Å²) in [6.45, 7) is 1.65. The van der Waals surface area contributed by atoms with Crippen LogP contribution in [-0.4, -0.2) is 37.4 Å². The lowest BCUT2D eigenvalue weighted by atomic mass is 10.2. The zero-order chi connectivity index (χ0) is 19.9. The van der Waals surface area contributed by atoms with E-state index in [1.165, 1.54) is 6.21 Å². The molecule has 2 aromatic carbocycles. The van der Waals surface area contributed by atoms with E-state index in [0.29, 0.717) is 28.3 Å². The van der Waals surface area contributed by atoms with E-state index in [4.69, 9.17) is 14.2 Å². The van der Waals surface area contributed by atoms with Gasteiger partial charge in [0, 0.05) is 17.1 Å². The number of rotatable bonds is 7. The smallest absolute Gasteiger partial charge is 0.280 e. The Morgan fingerprint density at radius 1 is 1.11 bits per heavy atom. The number of methoxy groups -OCH3 is 2. The fourth-order valence-corrected chi connectivity index (χ4v) is 2.61. The van der Waals surface area contributed by atoms with Crippen molar-refractivity contribution in [1.82, 2.24) is 10.4 Å². The van der Waals surface area contributed by atoms with E-state index in [1.54, 1.807) is 51.6 Å². The minimum Gasteiger partial charge on any atom is -0.497 e. The van der Waals surface area contributed by atoms with Crippen LogP contribution < -0.4 is 19.6 Å². The van der Waals surface area contributed by atoms with Crippen LogP contribution in [0.15, 0.2) is 59.8 Å². The monoisotopic (exact) mass is 379 g/mol. The summed E-state index contributed by atoms with van der Waals surface area (Å²) in [5, 5.41) is 4.94. The maximum atomic E-state index is 12.3. The van der Waals surface area contributed by atoms with Gasteiger partial charge in [0.1, 0.15) is 22.8 Å². The fraction of sp³-hybridized carbons (Fsp3) is 0.190. The molecule has 0 aliphatic rings. The van der Waals surface area contributed by atoms with Crippen LogP contribution in [-0.2, 0) is 4.79 Å². The second-order valence-corrected chi connectivity index (χ2v) is 5.93. The Morgan fingerprint density at radius 3 is 2.71 bits per heavy atom. The summed E-state index contributed by atoms with van der Waals surface area (Å²) in [6.07, 6.45) is 2.42. The van der Waals surface area contributed by atoms with Crippen LogP contribution >= 0.6 is 0 Å². The van der Waals surface area contributed by atoms with E-state index >= 15 is 0 Å². The van der Waals surface area contributed by atoms with E-state index in [-0.39, 0.29) is 5.91 Å². The predicted octanol–water partition coefficient (Wildman–Crippen LogP) is 3.17. The van der Waals surface area contributed by atoms with Crippen LogP contribution in [0.25, 0.3) is 10.9 Å². The number of ether oxygens (including phenoxy) is 3. The molecule has 0 saturated heterocycles. The van der Waals surface area contributed by atoms with Crippen molar-refractivity contribution in [2.75, 3.05) is 14.2 Å². The van der Waals surface area contributed by atoms with Crippen LogP contribution in [0.5, 0.6) is 17.2 Å². The molecule has 28 heavy (non-hydrogen) atoms. The van der Waals surface area contributed by atoms with Crippen LogP contribution in [0, 0.1) is 0 Å².